The van der Waals surface area contributed by atoms with Crippen molar-refractivity contribution in [3.63, 3.8) is 0 Å². The predicted octanol–water partition coefficient (Wildman–Crippen LogP) is 3.03. The van der Waals surface area contributed by atoms with Crippen molar-refractivity contribution >= 4 is 16.5 Å². The fourth-order valence-electron chi connectivity index (χ4n) is 1.97. The largest absolute Gasteiger partial charge is 0.494 e. The minimum absolute atomic E-state index is 0.105. The van der Waals surface area contributed by atoms with Gasteiger partial charge in [0.1, 0.15) is 0 Å². The predicted molar refractivity (Wildman–Crippen MR) is 78.7 cm³/mol. The van der Waals surface area contributed by atoms with E-state index in [1.807, 2.05) is 6.92 Å². The zero-order valence-corrected chi connectivity index (χ0v) is 12.2. The Labute approximate surface area is 120 Å². The van der Waals surface area contributed by atoms with Crippen LogP contribution in [-0.2, 0) is 16.6 Å². The second kappa shape index (κ2) is 6.05. The maximum absolute atomic E-state index is 14.0. The summed E-state index contributed by atoms with van der Waals surface area (Å²) in [5.74, 6) is -0.196. The number of aryl methyl sites for hydroxylation is 1. The molecule has 0 saturated heterocycles. The number of nitrogen functional groups attached to an aromatic ring is 1. The molecule has 1 unspecified atom stereocenters. The average molecular weight is 293 g/mol. The van der Waals surface area contributed by atoms with Crippen molar-refractivity contribution in [3.8, 4) is 5.75 Å². The number of rotatable bonds is 4. The van der Waals surface area contributed by atoms with Gasteiger partial charge in [-0.3, -0.25) is 4.21 Å². The van der Waals surface area contributed by atoms with Crippen molar-refractivity contribution in [1.82, 2.24) is 0 Å². The topological polar surface area (TPSA) is 52.3 Å². The molecular weight excluding hydrogens is 277 g/mol. The molecule has 3 nitrogen and oxygen atoms in total. The summed E-state index contributed by atoms with van der Waals surface area (Å²) in [4.78, 5) is 0.668. The van der Waals surface area contributed by atoms with Gasteiger partial charge in [0.15, 0.2) is 11.6 Å². The zero-order chi connectivity index (χ0) is 14.7. The van der Waals surface area contributed by atoms with Crippen LogP contribution in [0, 0.1) is 12.7 Å². The lowest BCUT2D eigenvalue weighted by atomic mass is 10.2. The second-order valence-corrected chi connectivity index (χ2v) is 5.87. The number of hydrogen-bond donors (Lipinski definition) is 1. The summed E-state index contributed by atoms with van der Waals surface area (Å²) in [6, 6.07) is 10.0. The zero-order valence-electron chi connectivity index (χ0n) is 11.4. The van der Waals surface area contributed by atoms with Gasteiger partial charge < -0.3 is 10.5 Å². The third-order valence-corrected chi connectivity index (χ3v) is 4.52. The van der Waals surface area contributed by atoms with Gasteiger partial charge in [-0.1, -0.05) is 12.1 Å². The summed E-state index contributed by atoms with van der Waals surface area (Å²) in [5.41, 5.74) is 7.50. The molecule has 2 rings (SSSR count). The molecule has 2 aromatic carbocycles. The molecule has 106 valence electrons. The molecule has 1 atom stereocenters. The highest BCUT2D eigenvalue weighted by Gasteiger charge is 2.14. The summed E-state index contributed by atoms with van der Waals surface area (Å²) >= 11 is 0. The molecule has 2 aromatic rings. The number of methoxy groups -OCH3 is 1. The molecule has 2 N–H and O–H groups in total. The first-order valence-electron chi connectivity index (χ1n) is 6.09. The van der Waals surface area contributed by atoms with E-state index in [9.17, 15) is 8.60 Å². The SMILES string of the molecule is COc1cccc(CS(=O)c2ccc(N)cc2C)c1F. The molecule has 0 fully saturated rings. The third kappa shape index (κ3) is 2.99. The molecule has 0 aromatic heterocycles. The van der Waals surface area contributed by atoms with Crippen LogP contribution in [-0.4, -0.2) is 11.3 Å². The molecule has 0 spiro atoms. The fourth-order valence-corrected chi connectivity index (χ4v) is 3.27. The molecule has 0 aliphatic rings. The monoisotopic (exact) mass is 293 g/mol. The van der Waals surface area contributed by atoms with Crippen LogP contribution in [0.25, 0.3) is 0 Å². The maximum Gasteiger partial charge on any atom is 0.169 e. The minimum Gasteiger partial charge on any atom is -0.494 e. The van der Waals surface area contributed by atoms with Gasteiger partial charge in [-0.15, -0.1) is 0 Å². The highest BCUT2D eigenvalue weighted by atomic mass is 32.2. The lowest BCUT2D eigenvalue weighted by Crippen LogP contribution is -2.02. The smallest absolute Gasteiger partial charge is 0.169 e. The number of nitrogens with two attached hydrogens (primary N) is 1. The average Bonchev–Trinajstić information content (AvgIpc) is 2.41. The van der Waals surface area contributed by atoms with Crippen LogP contribution in [0.4, 0.5) is 10.1 Å². The van der Waals surface area contributed by atoms with E-state index in [4.69, 9.17) is 10.5 Å². The van der Waals surface area contributed by atoms with E-state index in [1.165, 1.54) is 13.2 Å². The maximum atomic E-state index is 14.0. The second-order valence-electron chi connectivity index (χ2n) is 4.45. The first kappa shape index (κ1) is 14.5. The summed E-state index contributed by atoms with van der Waals surface area (Å²) in [5, 5.41) is 0. The molecule has 0 aliphatic carbocycles. The van der Waals surface area contributed by atoms with Gasteiger partial charge in [-0.25, -0.2) is 4.39 Å². The molecule has 0 aliphatic heterocycles. The number of benzene rings is 2. The van der Waals surface area contributed by atoms with Crippen molar-refractivity contribution in [2.24, 2.45) is 0 Å². The first-order valence-corrected chi connectivity index (χ1v) is 7.40. The molecule has 0 bridgehead atoms. The van der Waals surface area contributed by atoms with Crippen LogP contribution in [0.3, 0.4) is 0 Å². The van der Waals surface area contributed by atoms with Crippen LogP contribution >= 0.6 is 0 Å². The summed E-state index contributed by atoms with van der Waals surface area (Å²) in [6.07, 6.45) is 0. The number of anilines is 1. The number of hydrogen-bond acceptors (Lipinski definition) is 3. The van der Waals surface area contributed by atoms with Gasteiger partial charge in [0.2, 0.25) is 0 Å². The van der Waals surface area contributed by atoms with Gasteiger partial charge in [0.25, 0.3) is 0 Å². The van der Waals surface area contributed by atoms with E-state index >= 15 is 0 Å². The normalized spacial score (nSPS) is 12.2. The van der Waals surface area contributed by atoms with Crippen molar-refractivity contribution in [2.45, 2.75) is 17.6 Å². The van der Waals surface area contributed by atoms with Crippen molar-refractivity contribution in [2.75, 3.05) is 12.8 Å². The number of halogens is 1. The Balaban J connectivity index is 2.28. The van der Waals surface area contributed by atoms with E-state index in [1.54, 1.807) is 30.3 Å². The Kier molecular flexibility index (Phi) is 4.39. The van der Waals surface area contributed by atoms with Crippen molar-refractivity contribution < 1.29 is 13.3 Å². The molecule has 0 amide bonds. The Morgan fingerprint density at radius 1 is 1.30 bits per heavy atom. The van der Waals surface area contributed by atoms with Gasteiger partial charge in [-0.05, 0) is 36.8 Å². The molecule has 0 saturated carbocycles. The van der Waals surface area contributed by atoms with E-state index in [2.05, 4.69) is 0 Å². The molecule has 0 heterocycles. The highest BCUT2D eigenvalue weighted by molar-refractivity contribution is 7.84. The first-order chi connectivity index (χ1) is 9.52. The van der Waals surface area contributed by atoms with E-state index in [0.29, 0.717) is 16.1 Å². The molecule has 0 radical (unpaired) electrons. The minimum atomic E-state index is -1.33. The van der Waals surface area contributed by atoms with Gasteiger partial charge in [0.05, 0.1) is 23.7 Å². The van der Waals surface area contributed by atoms with Gasteiger partial charge in [0, 0.05) is 16.1 Å². The highest BCUT2D eigenvalue weighted by Crippen LogP contribution is 2.24. The lowest BCUT2D eigenvalue weighted by Gasteiger charge is -2.09. The van der Waals surface area contributed by atoms with Gasteiger partial charge >= 0.3 is 0 Å². The van der Waals surface area contributed by atoms with Crippen LogP contribution in [0.1, 0.15) is 11.1 Å². The van der Waals surface area contributed by atoms with Crippen LogP contribution in [0.5, 0.6) is 5.75 Å². The quantitative estimate of drug-likeness (QED) is 0.882. The van der Waals surface area contributed by atoms with Crippen LogP contribution < -0.4 is 10.5 Å². The lowest BCUT2D eigenvalue weighted by molar-refractivity contribution is 0.385. The van der Waals surface area contributed by atoms with E-state index in [0.717, 1.165) is 5.56 Å². The van der Waals surface area contributed by atoms with E-state index < -0.39 is 16.6 Å². The van der Waals surface area contributed by atoms with Gasteiger partial charge in [-0.2, -0.15) is 0 Å². The van der Waals surface area contributed by atoms with Crippen LogP contribution in [0.15, 0.2) is 41.3 Å². The van der Waals surface area contributed by atoms with Crippen LogP contribution in [0.2, 0.25) is 0 Å². The Bertz CT molecular complexity index is 658. The fraction of sp³-hybridized carbons (Fsp3) is 0.200. The Hall–Kier alpha value is -1.88. The Morgan fingerprint density at radius 2 is 2.05 bits per heavy atom. The molecular formula is C15H16FNO2S. The van der Waals surface area contributed by atoms with Crippen molar-refractivity contribution in [3.05, 3.63) is 53.3 Å². The Morgan fingerprint density at radius 3 is 2.70 bits per heavy atom. The summed E-state index contributed by atoms with van der Waals surface area (Å²) in [7, 11) is 0.0802. The summed E-state index contributed by atoms with van der Waals surface area (Å²) < 4.78 is 31.3. The van der Waals surface area contributed by atoms with E-state index in [-0.39, 0.29) is 11.5 Å². The third-order valence-electron chi connectivity index (χ3n) is 2.99. The molecule has 5 heteroatoms. The standard InChI is InChI=1S/C15H16FNO2S/c1-10-8-12(17)6-7-14(10)20(18)9-11-4-3-5-13(19-2)15(11)16/h3-8H,9,17H2,1-2H3. The number of ether oxygens (including phenoxy) is 1. The summed E-state index contributed by atoms with van der Waals surface area (Å²) in [6.45, 7) is 1.84. The van der Waals surface area contributed by atoms with Crippen molar-refractivity contribution in [1.29, 1.82) is 0 Å². The molecule has 20 heavy (non-hydrogen) atoms.